The van der Waals surface area contributed by atoms with Gasteiger partial charge in [0.1, 0.15) is 12.4 Å². The molecule has 1 N–H and O–H groups in total. The predicted octanol–water partition coefficient (Wildman–Crippen LogP) is 4.45. The zero-order valence-electron chi connectivity index (χ0n) is 21.3. The zero-order chi connectivity index (χ0) is 24.7. The molecule has 1 amide bonds. The molecule has 188 valence electrons. The van der Waals surface area contributed by atoms with Crippen LogP contribution in [0.15, 0.2) is 35.7 Å². The van der Waals surface area contributed by atoms with Crippen molar-refractivity contribution in [3.63, 3.8) is 0 Å². The SMILES string of the molecule is CCCN(CC(=O)N1CCc2sccc2[C@@H]1COc1cccc(C)c1)C[C@H](O)COC(C)(C)C. The Labute approximate surface area is 208 Å². The van der Waals surface area contributed by atoms with Crippen LogP contribution < -0.4 is 4.74 Å². The van der Waals surface area contributed by atoms with E-state index in [2.05, 4.69) is 18.4 Å². The second-order valence-electron chi connectivity index (χ2n) is 10.1. The third-order valence-electron chi connectivity index (χ3n) is 5.89. The molecule has 0 fully saturated rings. The molecule has 0 saturated heterocycles. The Morgan fingerprint density at radius 3 is 2.82 bits per heavy atom. The number of benzene rings is 1. The number of thiophene rings is 1. The average molecular weight is 489 g/mol. The topological polar surface area (TPSA) is 62.2 Å². The van der Waals surface area contributed by atoms with Gasteiger partial charge in [-0.05, 0) is 81.8 Å². The molecular formula is C27H40N2O4S. The lowest BCUT2D eigenvalue weighted by Crippen LogP contribution is -2.48. The fraction of sp³-hybridized carbons (Fsp3) is 0.593. The van der Waals surface area contributed by atoms with Crippen molar-refractivity contribution in [2.24, 2.45) is 0 Å². The summed E-state index contributed by atoms with van der Waals surface area (Å²) in [6, 6.07) is 10.0. The summed E-state index contributed by atoms with van der Waals surface area (Å²) in [5.41, 5.74) is 2.04. The molecule has 7 heteroatoms. The zero-order valence-corrected chi connectivity index (χ0v) is 22.1. The van der Waals surface area contributed by atoms with E-state index in [0.717, 1.165) is 30.7 Å². The van der Waals surface area contributed by atoms with Crippen LogP contribution in [0.4, 0.5) is 0 Å². The number of carbonyl (C=O) groups is 1. The monoisotopic (exact) mass is 488 g/mol. The first-order valence-electron chi connectivity index (χ1n) is 12.3. The molecule has 0 radical (unpaired) electrons. The largest absolute Gasteiger partial charge is 0.491 e. The van der Waals surface area contributed by atoms with Crippen LogP contribution in [0.1, 0.15) is 56.2 Å². The van der Waals surface area contributed by atoms with Crippen molar-refractivity contribution in [3.05, 3.63) is 51.7 Å². The highest BCUT2D eigenvalue weighted by Gasteiger charge is 2.33. The Bertz CT molecular complexity index is 923. The fourth-order valence-corrected chi connectivity index (χ4v) is 5.21. The molecule has 0 saturated carbocycles. The summed E-state index contributed by atoms with van der Waals surface area (Å²) in [5, 5.41) is 12.6. The van der Waals surface area contributed by atoms with Gasteiger partial charge >= 0.3 is 0 Å². The summed E-state index contributed by atoms with van der Waals surface area (Å²) in [5.74, 6) is 0.899. The molecule has 1 aliphatic rings. The molecule has 0 unspecified atom stereocenters. The third-order valence-corrected chi connectivity index (χ3v) is 6.89. The van der Waals surface area contributed by atoms with E-state index in [1.165, 1.54) is 10.4 Å². The van der Waals surface area contributed by atoms with Crippen LogP contribution in [-0.4, -0.2) is 71.9 Å². The van der Waals surface area contributed by atoms with Gasteiger partial charge in [0, 0.05) is 18.0 Å². The van der Waals surface area contributed by atoms with E-state index >= 15 is 0 Å². The summed E-state index contributed by atoms with van der Waals surface area (Å²) in [6.45, 7) is 12.9. The van der Waals surface area contributed by atoms with Crippen molar-refractivity contribution in [1.82, 2.24) is 9.80 Å². The summed E-state index contributed by atoms with van der Waals surface area (Å²) in [6.07, 6.45) is 1.15. The second-order valence-corrected chi connectivity index (χ2v) is 11.1. The van der Waals surface area contributed by atoms with E-state index in [1.54, 1.807) is 11.3 Å². The first-order valence-corrected chi connectivity index (χ1v) is 13.1. The summed E-state index contributed by atoms with van der Waals surface area (Å²) >= 11 is 1.75. The van der Waals surface area contributed by atoms with Crippen LogP contribution in [0, 0.1) is 6.92 Å². The highest BCUT2D eigenvalue weighted by Crippen LogP contribution is 2.34. The highest BCUT2D eigenvalue weighted by atomic mass is 32.1. The summed E-state index contributed by atoms with van der Waals surface area (Å²) in [4.78, 5) is 18.9. The molecular weight excluding hydrogens is 448 g/mol. The van der Waals surface area contributed by atoms with Crippen LogP contribution in [0.2, 0.25) is 0 Å². The molecule has 34 heavy (non-hydrogen) atoms. The predicted molar refractivity (Wildman–Crippen MR) is 138 cm³/mol. The maximum atomic E-state index is 13.5. The molecule has 1 aromatic carbocycles. The first kappa shape index (κ1) is 26.7. The van der Waals surface area contributed by atoms with Gasteiger partial charge in [-0.2, -0.15) is 0 Å². The molecule has 0 spiro atoms. The smallest absolute Gasteiger partial charge is 0.237 e. The first-order chi connectivity index (χ1) is 16.2. The number of aryl methyl sites for hydroxylation is 1. The number of aliphatic hydroxyl groups is 1. The third kappa shape index (κ3) is 7.80. The number of hydrogen-bond donors (Lipinski definition) is 1. The fourth-order valence-electron chi connectivity index (χ4n) is 4.29. The molecule has 2 aromatic rings. The highest BCUT2D eigenvalue weighted by molar-refractivity contribution is 7.10. The lowest BCUT2D eigenvalue weighted by Gasteiger charge is -2.37. The maximum Gasteiger partial charge on any atom is 0.237 e. The van der Waals surface area contributed by atoms with E-state index in [1.807, 2.05) is 61.8 Å². The van der Waals surface area contributed by atoms with Gasteiger partial charge in [0.25, 0.3) is 0 Å². The number of aliphatic hydroxyl groups excluding tert-OH is 1. The van der Waals surface area contributed by atoms with E-state index in [4.69, 9.17) is 9.47 Å². The minimum absolute atomic E-state index is 0.0760. The maximum absolute atomic E-state index is 13.5. The second kappa shape index (κ2) is 12.2. The Balaban J connectivity index is 1.67. The van der Waals surface area contributed by atoms with Gasteiger partial charge in [-0.25, -0.2) is 0 Å². The van der Waals surface area contributed by atoms with Crippen molar-refractivity contribution >= 4 is 17.2 Å². The Morgan fingerprint density at radius 2 is 2.12 bits per heavy atom. The van der Waals surface area contributed by atoms with Crippen molar-refractivity contribution in [2.75, 3.05) is 39.4 Å². The Morgan fingerprint density at radius 1 is 1.32 bits per heavy atom. The average Bonchev–Trinajstić information content (AvgIpc) is 3.25. The minimum atomic E-state index is -0.635. The van der Waals surface area contributed by atoms with Crippen molar-refractivity contribution < 1.29 is 19.4 Å². The van der Waals surface area contributed by atoms with Gasteiger partial charge in [-0.3, -0.25) is 9.69 Å². The van der Waals surface area contributed by atoms with Crippen LogP contribution in [-0.2, 0) is 16.0 Å². The van der Waals surface area contributed by atoms with E-state index in [9.17, 15) is 9.90 Å². The van der Waals surface area contributed by atoms with Gasteiger partial charge in [0.15, 0.2) is 0 Å². The number of amides is 1. The van der Waals surface area contributed by atoms with E-state index in [0.29, 0.717) is 19.7 Å². The minimum Gasteiger partial charge on any atom is -0.491 e. The lowest BCUT2D eigenvalue weighted by atomic mass is 10.0. The molecule has 0 aliphatic carbocycles. The molecule has 1 aromatic heterocycles. The Hall–Kier alpha value is -1.93. The quantitative estimate of drug-likeness (QED) is 0.506. The summed E-state index contributed by atoms with van der Waals surface area (Å²) < 4.78 is 11.9. The number of nitrogens with zero attached hydrogens (tertiary/aromatic N) is 2. The van der Waals surface area contributed by atoms with Gasteiger partial charge in [0.05, 0.1) is 30.9 Å². The van der Waals surface area contributed by atoms with Crippen molar-refractivity contribution in [2.45, 2.75) is 65.2 Å². The number of ether oxygens (including phenoxy) is 2. The molecule has 3 rings (SSSR count). The molecule has 2 atom stereocenters. The van der Waals surface area contributed by atoms with Crippen LogP contribution >= 0.6 is 11.3 Å². The van der Waals surface area contributed by atoms with Crippen LogP contribution in [0.25, 0.3) is 0 Å². The Kier molecular flexibility index (Phi) is 9.54. The normalized spacial score (nSPS) is 17.0. The molecule has 6 nitrogen and oxygen atoms in total. The van der Waals surface area contributed by atoms with Gasteiger partial charge < -0.3 is 19.5 Å². The summed E-state index contributed by atoms with van der Waals surface area (Å²) in [7, 11) is 0. The number of hydrogen-bond acceptors (Lipinski definition) is 6. The van der Waals surface area contributed by atoms with E-state index in [-0.39, 0.29) is 30.7 Å². The van der Waals surface area contributed by atoms with Crippen LogP contribution in [0.5, 0.6) is 5.75 Å². The standard InChI is InChI=1S/C27H40N2O4S/c1-6-12-28(16-21(30)18-33-27(3,4)5)17-26(31)29-13-10-25-23(11-14-34-25)24(29)19-32-22-9-7-8-20(2)15-22/h7-9,11,14-15,21,24,30H,6,10,12-13,16-19H2,1-5H3/t21-,24-/m0/s1. The van der Waals surface area contributed by atoms with Crippen molar-refractivity contribution in [3.8, 4) is 5.75 Å². The number of fused-ring (bicyclic) bond motifs is 1. The molecule has 2 heterocycles. The van der Waals surface area contributed by atoms with Gasteiger partial charge in [-0.1, -0.05) is 19.1 Å². The van der Waals surface area contributed by atoms with Crippen LogP contribution in [0.3, 0.4) is 0 Å². The van der Waals surface area contributed by atoms with E-state index < -0.39 is 6.10 Å². The molecule has 0 bridgehead atoms. The van der Waals surface area contributed by atoms with Crippen molar-refractivity contribution in [1.29, 1.82) is 0 Å². The molecule has 1 aliphatic heterocycles. The number of carbonyl (C=O) groups excluding carboxylic acids is 1. The van der Waals surface area contributed by atoms with Gasteiger partial charge in [-0.15, -0.1) is 11.3 Å². The van der Waals surface area contributed by atoms with Gasteiger partial charge in [0.2, 0.25) is 5.91 Å². The number of rotatable bonds is 11. The lowest BCUT2D eigenvalue weighted by molar-refractivity contribution is -0.136.